The van der Waals surface area contributed by atoms with Crippen LogP contribution in [0.3, 0.4) is 0 Å². The predicted octanol–water partition coefficient (Wildman–Crippen LogP) is 2.76. The molecule has 0 bridgehead atoms. The van der Waals surface area contributed by atoms with Crippen LogP contribution in [0.15, 0.2) is 40.2 Å². The van der Waals surface area contributed by atoms with E-state index in [1.807, 2.05) is 17.8 Å². The summed E-state index contributed by atoms with van der Waals surface area (Å²) in [5.74, 6) is 2.65. The fourth-order valence-electron chi connectivity index (χ4n) is 4.89. The van der Waals surface area contributed by atoms with Gasteiger partial charge in [0.15, 0.2) is 5.96 Å². The van der Waals surface area contributed by atoms with E-state index in [1.54, 1.807) is 19.0 Å². The Bertz CT molecular complexity index is 752. The number of amides is 1. The van der Waals surface area contributed by atoms with Gasteiger partial charge in [0.05, 0.1) is 0 Å². The van der Waals surface area contributed by atoms with Gasteiger partial charge in [-0.15, -0.1) is 11.8 Å². The second-order valence-corrected chi connectivity index (χ2v) is 10.4. The molecule has 3 aliphatic rings. The minimum Gasteiger partial charge on any atom is -0.355 e. The molecule has 6 nitrogen and oxygen atoms in total. The molecular weight excluding hydrogens is 406 g/mol. The van der Waals surface area contributed by atoms with E-state index >= 15 is 0 Å². The summed E-state index contributed by atoms with van der Waals surface area (Å²) in [6.45, 7) is 4.42. The van der Waals surface area contributed by atoms with Gasteiger partial charge in [-0.05, 0) is 56.7 Å². The van der Waals surface area contributed by atoms with Crippen molar-refractivity contribution in [3.05, 3.63) is 30.3 Å². The lowest BCUT2D eigenvalue weighted by molar-refractivity contribution is -0.127. The number of fused-ring (bicyclic) bond motifs is 1. The number of carbonyl (C=O) groups excluding carboxylic acids is 1. The third kappa shape index (κ3) is 6.16. The highest BCUT2D eigenvalue weighted by Gasteiger charge is 2.42. The Morgan fingerprint density at radius 2 is 1.97 bits per heavy atom. The first kappa shape index (κ1) is 22.5. The van der Waals surface area contributed by atoms with Gasteiger partial charge in [-0.3, -0.25) is 9.69 Å². The number of nitrogens with zero attached hydrogens (tertiary/aromatic N) is 4. The van der Waals surface area contributed by atoms with Gasteiger partial charge >= 0.3 is 0 Å². The largest absolute Gasteiger partial charge is 0.355 e. The highest BCUT2D eigenvalue weighted by molar-refractivity contribution is 7.99. The summed E-state index contributed by atoms with van der Waals surface area (Å²) in [6.07, 6.45) is 6.64. The van der Waals surface area contributed by atoms with Gasteiger partial charge in [-0.25, -0.2) is 4.99 Å². The lowest BCUT2D eigenvalue weighted by Gasteiger charge is -2.48. The minimum atomic E-state index is 0.0467. The van der Waals surface area contributed by atoms with Gasteiger partial charge < -0.3 is 15.1 Å². The van der Waals surface area contributed by atoms with Crippen molar-refractivity contribution in [2.24, 2.45) is 10.9 Å². The molecule has 0 spiro atoms. The van der Waals surface area contributed by atoms with Crippen LogP contribution in [-0.2, 0) is 4.79 Å². The standard InChI is InChI=1S/C24H37N5OS/c1-27(2)23(30)17-26-24(25-13-16-31-21-8-4-3-5-9-21)28-15-12-22-19(18-28)7-6-14-29(22)20-10-11-20/h3-5,8-9,19-20,22H,6-7,10-18H2,1-2H3,(H,25,26). The molecule has 0 aromatic heterocycles. The van der Waals surface area contributed by atoms with Crippen molar-refractivity contribution < 1.29 is 4.79 Å². The molecule has 1 N–H and O–H groups in total. The van der Waals surface area contributed by atoms with E-state index in [2.05, 4.69) is 39.4 Å². The Morgan fingerprint density at radius 3 is 2.71 bits per heavy atom. The van der Waals surface area contributed by atoms with Crippen LogP contribution in [0.4, 0.5) is 0 Å². The van der Waals surface area contributed by atoms with Gasteiger partial charge in [-0.2, -0.15) is 0 Å². The van der Waals surface area contributed by atoms with E-state index in [0.717, 1.165) is 49.3 Å². The zero-order valence-corrected chi connectivity index (χ0v) is 19.8. The maximum absolute atomic E-state index is 12.2. The zero-order valence-electron chi connectivity index (χ0n) is 19.0. The Hall–Kier alpha value is -1.73. The van der Waals surface area contributed by atoms with Crippen LogP contribution >= 0.6 is 11.8 Å². The molecule has 2 saturated heterocycles. The average Bonchev–Trinajstić information content (AvgIpc) is 3.63. The SMILES string of the molecule is CN(C)C(=O)CN=C(NCCSc1ccccc1)N1CCC2C(CCCN2C2CC2)C1. The quantitative estimate of drug-likeness (QED) is 0.304. The van der Waals surface area contributed by atoms with Crippen molar-refractivity contribution in [2.75, 3.05) is 52.6 Å². The molecule has 1 amide bonds. The van der Waals surface area contributed by atoms with Crippen molar-refractivity contribution in [3.8, 4) is 0 Å². The normalized spacial score (nSPS) is 24.6. The molecule has 2 heterocycles. The van der Waals surface area contributed by atoms with Crippen LogP contribution in [0.5, 0.6) is 0 Å². The first-order valence-electron chi connectivity index (χ1n) is 11.8. The molecule has 1 aromatic rings. The number of benzene rings is 1. The number of piperidine rings is 2. The van der Waals surface area contributed by atoms with E-state index in [1.165, 1.54) is 43.5 Å². The molecule has 4 rings (SSSR count). The van der Waals surface area contributed by atoms with Crippen molar-refractivity contribution in [2.45, 2.75) is 49.1 Å². The lowest BCUT2D eigenvalue weighted by atomic mass is 9.83. The third-order valence-corrected chi connectivity index (χ3v) is 7.70. The van der Waals surface area contributed by atoms with Crippen molar-refractivity contribution in [1.82, 2.24) is 20.0 Å². The number of nitrogens with one attached hydrogen (secondary N) is 1. The number of likely N-dealkylation sites (N-methyl/N-ethyl adjacent to an activating group) is 1. The maximum Gasteiger partial charge on any atom is 0.243 e. The maximum atomic E-state index is 12.2. The second kappa shape index (κ2) is 10.7. The summed E-state index contributed by atoms with van der Waals surface area (Å²) in [5, 5.41) is 3.57. The molecule has 31 heavy (non-hydrogen) atoms. The molecule has 1 aliphatic carbocycles. The smallest absolute Gasteiger partial charge is 0.243 e. The fraction of sp³-hybridized carbons (Fsp3) is 0.667. The Labute approximate surface area is 191 Å². The van der Waals surface area contributed by atoms with Crippen molar-refractivity contribution in [1.29, 1.82) is 0 Å². The number of likely N-dealkylation sites (tertiary alicyclic amines) is 2. The molecule has 0 radical (unpaired) electrons. The zero-order chi connectivity index (χ0) is 21.6. The minimum absolute atomic E-state index is 0.0467. The molecule has 1 aromatic carbocycles. The van der Waals surface area contributed by atoms with Gasteiger partial charge in [0, 0.05) is 56.5 Å². The highest BCUT2D eigenvalue weighted by atomic mass is 32.2. The number of hydrogen-bond acceptors (Lipinski definition) is 4. The summed E-state index contributed by atoms with van der Waals surface area (Å²) >= 11 is 1.85. The molecule has 2 unspecified atom stereocenters. The Balaban J connectivity index is 1.35. The van der Waals surface area contributed by atoms with Gasteiger partial charge in [-0.1, -0.05) is 18.2 Å². The van der Waals surface area contributed by atoms with Crippen molar-refractivity contribution in [3.63, 3.8) is 0 Å². The topological polar surface area (TPSA) is 51.2 Å². The van der Waals surface area contributed by atoms with E-state index in [0.29, 0.717) is 0 Å². The summed E-state index contributed by atoms with van der Waals surface area (Å²) in [6, 6.07) is 12.1. The van der Waals surface area contributed by atoms with Crippen LogP contribution in [0.2, 0.25) is 0 Å². The fourth-order valence-corrected chi connectivity index (χ4v) is 5.68. The summed E-state index contributed by atoms with van der Waals surface area (Å²) in [5.41, 5.74) is 0. The Morgan fingerprint density at radius 1 is 1.16 bits per heavy atom. The summed E-state index contributed by atoms with van der Waals surface area (Å²) in [4.78, 5) is 25.0. The number of rotatable bonds is 7. The number of carbonyl (C=O) groups is 1. The van der Waals surface area contributed by atoms with Crippen LogP contribution in [0, 0.1) is 5.92 Å². The van der Waals surface area contributed by atoms with Gasteiger partial charge in [0.1, 0.15) is 6.54 Å². The second-order valence-electron chi connectivity index (χ2n) is 9.19. The Kier molecular flexibility index (Phi) is 7.77. The summed E-state index contributed by atoms with van der Waals surface area (Å²) < 4.78 is 0. The third-order valence-electron chi connectivity index (χ3n) is 6.69. The van der Waals surface area contributed by atoms with Crippen molar-refractivity contribution >= 4 is 23.6 Å². The molecule has 1 saturated carbocycles. The van der Waals surface area contributed by atoms with Crippen LogP contribution in [0.25, 0.3) is 0 Å². The van der Waals surface area contributed by atoms with Crippen LogP contribution < -0.4 is 5.32 Å². The van der Waals surface area contributed by atoms with E-state index in [-0.39, 0.29) is 12.5 Å². The molecule has 2 aliphatic heterocycles. The number of guanidine groups is 1. The summed E-state index contributed by atoms with van der Waals surface area (Å²) in [7, 11) is 3.59. The molecule has 7 heteroatoms. The van der Waals surface area contributed by atoms with E-state index < -0.39 is 0 Å². The number of aliphatic imine (C=N–C) groups is 1. The van der Waals surface area contributed by atoms with E-state index in [4.69, 9.17) is 4.99 Å². The van der Waals surface area contributed by atoms with Gasteiger partial charge in [0.2, 0.25) is 5.91 Å². The monoisotopic (exact) mass is 443 g/mol. The molecule has 2 atom stereocenters. The first-order valence-corrected chi connectivity index (χ1v) is 12.8. The first-order chi connectivity index (χ1) is 15.1. The van der Waals surface area contributed by atoms with Gasteiger partial charge in [0.25, 0.3) is 0 Å². The highest BCUT2D eigenvalue weighted by Crippen LogP contribution is 2.38. The van der Waals surface area contributed by atoms with Crippen LogP contribution in [-0.4, -0.2) is 91.2 Å². The average molecular weight is 444 g/mol. The molecular formula is C24H37N5OS. The number of hydrogen-bond donors (Lipinski definition) is 1. The number of thioether (sulfide) groups is 1. The van der Waals surface area contributed by atoms with Crippen LogP contribution in [0.1, 0.15) is 32.1 Å². The molecule has 170 valence electrons. The molecule has 3 fully saturated rings. The van der Waals surface area contributed by atoms with E-state index in [9.17, 15) is 4.79 Å². The lowest BCUT2D eigenvalue weighted by Crippen LogP contribution is -2.57. The predicted molar refractivity (Wildman–Crippen MR) is 129 cm³/mol.